The topological polar surface area (TPSA) is 83.9 Å². The van der Waals surface area contributed by atoms with Gasteiger partial charge in [0.1, 0.15) is 5.75 Å². The first-order valence-corrected chi connectivity index (χ1v) is 7.36. The second-order valence-corrected chi connectivity index (χ2v) is 6.19. The van der Waals surface area contributed by atoms with E-state index in [2.05, 4.69) is 0 Å². The lowest BCUT2D eigenvalue weighted by atomic mass is 10.3. The van der Waals surface area contributed by atoms with Gasteiger partial charge in [0.2, 0.25) is 10.0 Å². The minimum atomic E-state index is -3.98. The molecule has 1 aromatic rings. The number of benzene rings is 1. The lowest BCUT2D eigenvalue weighted by Crippen LogP contribution is -2.31. The van der Waals surface area contributed by atoms with Gasteiger partial charge < -0.3 is 9.84 Å². The molecule has 0 spiro atoms. The highest BCUT2D eigenvalue weighted by atomic mass is 32.2. The highest BCUT2D eigenvalue weighted by Crippen LogP contribution is 2.19. The summed E-state index contributed by atoms with van der Waals surface area (Å²) in [6.45, 7) is -0.939. The smallest absolute Gasteiger partial charge is 0.306 e. The number of carboxylic acids is 1. The molecule has 0 radical (unpaired) electrons. The van der Waals surface area contributed by atoms with Crippen molar-refractivity contribution in [2.45, 2.75) is 17.7 Å². The van der Waals surface area contributed by atoms with Crippen LogP contribution in [0.15, 0.2) is 29.2 Å². The van der Waals surface area contributed by atoms with Crippen molar-refractivity contribution in [2.24, 2.45) is 0 Å². The summed E-state index contributed by atoms with van der Waals surface area (Å²) in [5.74, 6) is -0.713. The van der Waals surface area contributed by atoms with Gasteiger partial charge in [-0.1, -0.05) is 0 Å². The third-order valence-corrected chi connectivity index (χ3v) is 4.35. The molecule has 0 aliphatic carbocycles. The van der Waals surface area contributed by atoms with Gasteiger partial charge in [0, 0.05) is 7.05 Å². The molecular formula is C12H15F2NO5S. The van der Waals surface area contributed by atoms with Crippen LogP contribution < -0.4 is 4.74 Å². The highest BCUT2D eigenvalue weighted by Gasteiger charge is 2.23. The number of aliphatic carboxylic acids is 1. The van der Waals surface area contributed by atoms with Gasteiger partial charge in [-0.3, -0.25) is 4.79 Å². The van der Waals surface area contributed by atoms with E-state index in [9.17, 15) is 22.0 Å². The van der Waals surface area contributed by atoms with Gasteiger partial charge in [-0.15, -0.1) is 0 Å². The fraction of sp³-hybridized carbons (Fsp3) is 0.417. The second kappa shape index (κ2) is 7.32. The first-order valence-electron chi connectivity index (χ1n) is 5.92. The molecule has 9 heteroatoms. The molecule has 118 valence electrons. The molecule has 0 heterocycles. The molecule has 21 heavy (non-hydrogen) atoms. The van der Waals surface area contributed by atoms with Crippen molar-refractivity contribution < 1.29 is 31.8 Å². The number of rotatable bonds is 8. The van der Waals surface area contributed by atoms with Crippen LogP contribution in [-0.4, -0.2) is 50.4 Å². The number of sulfonamides is 1. The summed E-state index contributed by atoms with van der Waals surface area (Å²) in [6.07, 6.45) is -2.94. The standard InChI is InChI=1S/C12H15F2NO5S/c1-15(8-11(13)14)21(18,19)10-4-2-9(3-5-10)20-7-6-12(16)17/h2-5,11H,6-8H2,1H3,(H,16,17). The van der Waals surface area contributed by atoms with Gasteiger partial charge in [0.25, 0.3) is 6.43 Å². The number of hydrogen-bond donors (Lipinski definition) is 1. The molecule has 0 saturated heterocycles. The molecule has 0 atom stereocenters. The normalized spacial score (nSPS) is 11.9. The number of ether oxygens (including phenoxy) is 1. The summed E-state index contributed by atoms with van der Waals surface area (Å²) in [7, 11) is -2.91. The van der Waals surface area contributed by atoms with Crippen molar-refractivity contribution in [3.8, 4) is 5.75 Å². The Balaban J connectivity index is 2.74. The highest BCUT2D eigenvalue weighted by molar-refractivity contribution is 7.89. The minimum Gasteiger partial charge on any atom is -0.493 e. The van der Waals surface area contributed by atoms with Crippen LogP contribution in [0.25, 0.3) is 0 Å². The van der Waals surface area contributed by atoms with Crippen LogP contribution in [0.1, 0.15) is 6.42 Å². The van der Waals surface area contributed by atoms with E-state index >= 15 is 0 Å². The molecule has 0 fully saturated rings. The Bertz CT molecular complexity index is 574. The van der Waals surface area contributed by atoms with E-state index in [0.717, 1.165) is 7.05 Å². The lowest BCUT2D eigenvalue weighted by Gasteiger charge is -2.16. The van der Waals surface area contributed by atoms with Gasteiger partial charge in [-0.25, -0.2) is 17.2 Å². The van der Waals surface area contributed by atoms with Crippen LogP contribution in [-0.2, 0) is 14.8 Å². The minimum absolute atomic E-state index is 0.0489. The Kier molecular flexibility index (Phi) is 6.03. The van der Waals surface area contributed by atoms with Gasteiger partial charge in [-0.2, -0.15) is 4.31 Å². The SMILES string of the molecule is CN(CC(F)F)S(=O)(=O)c1ccc(OCCC(=O)O)cc1. The van der Waals surface area contributed by atoms with Crippen LogP contribution in [0, 0.1) is 0 Å². The molecule has 0 bridgehead atoms. The van der Waals surface area contributed by atoms with Gasteiger partial charge in [0.15, 0.2) is 0 Å². The number of halogens is 2. The Morgan fingerprint density at radius 3 is 2.38 bits per heavy atom. The number of alkyl halides is 2. The fourth-order valence-corrected chi connectivity index (χ4v) is 2.59. The van der Waals surface area contributed by atoms with Crippen LogP contribution >= 0.6 is 0 Å². The average molecular weight is 323 g/mol. The zero-order valence-electron chi connectivity index (χ0n) is 11.2. The monoisotopic (exact) mass is 323 g/mol. The molecule has 0 aromatic heterocycles. The van der Waals surface area contributed by atoms with E-state index in [1.165, 1.54) is 24.3 Å². The van der Waals surface area contributed by atoms with Crippen molar-refractivity contribution in [3.63, 3.8) is 0 Å². The third kappa shape index (κ3) is 5.27. The molecule has 0 amide bonds. The molecular weight excluding hydrogens is 308 g/mol. The molecule has 0 unspecified atom stereocenters. The number of carbonyl (C=O) groups is 1. The number of carboxylic acid groups (broad SMARTS) is 1. The third-order valence-electron chi connectivity index (χ3n) is 2.51. The van der Waals surface area contributed by atoms with Crippen LogP contribution in [0.3, 0.4) is 0 Å². The predicted octanol–water partition coefficient (Wildman–Crippen LogP) is 1.43. The van der Waals surface area contributed by atoms with Gasteiger partial charge >= 0.3 is 5.97 Å². The fourth-order valence-electron chi connectivity index (χ4n) is 1.44. The van der Waals surface area contributed by atoms with Crippen molar-refractivity contribution in [2.75, 3.05) is 20.2 Å². The van der Waals surface area contributed by atoms with E-state index in [1.54, 1.807) is 0 Å². The summed E-state index contributed by atoms with van der Waals surface area (Å²) in [6, 6.07) is 5.11. The predicted molar refractivity (Wildman–Crippen MR) is 70.0 cm³/mol. The van der Waals surface area contributed by atoms with E-state index in [-0.39, 0.29) is 17.9 Å². The van der Waals surface area contributed by atoms with Crippen molar-refractivity contribution in [1.29, 1.82) is 0 Å². The second-order valence-electron chi connectivity index (χ2n) is 4.14. The van der Waals surface area contributed by atoms with E-state index < -0.39 is 29.0 Å². The maximum Gasteiger partial charge on any atom is 0.306 e. The number of hydrogen-bond acceptors (Lipinski definition) is 4. The number of nitrogens with zero attached hydrogens (tertiary/aromatic N) is 1. The Morgan fingerprint density at radius 2 is 1.90 bits per heavy atom. The molecule has 6 nitrogen and oxygen atoms in total. The molecule has 1 rings (SSSR count). The molecule has 0 saturated carbocycles. The summed E-state index contributed by atoms with van der Waals surface area (Å²) < 4.78 is 54.0. The maximum absolute atomic E-state index is 12.2. The van der Waals surface area contributed by atoms with Crippen LogP contribution in [0.2, 0.25) is 0 Å². The van der Waals surface area contributed by atoms with E-state index in [1.807, 2.05) is 0 Å². The Morgan fingerprint density at radius 1 is 1.33 bits per heavy atom. The van der Waals surface area contributed by atoms with E-state index in [0.29, 0.717) is 10.1 Å². The Hall–Kier alpha value is -1.74. The summed E-state index contributed by atoms with van der Waals surface area (Å²) >= 11 is 0. The zero-order chi connectivity index (χ0) is 16.0. The Labute approximate surface area is 121 Å². The summed E-state index contributed by atoms with van der Waals surface area (Å²) in [5.41, 5.74) is 0. The summed E-state index contributed by atoms with van der Waals surface area (Å²) in [5, 5.41) is 8.45. The zero-order valence-corrected chi connectivity index (χ0v) is 12.0. The lowest BCUT2D eigenvalue weighted by molar-refractivity contribution is -0.137. The van der Waals surface area contributed by atoms with E-state index in [4.69, 9.17) is 9.84 Å². The van der Waals surface area contributed by atoms with Gasteiger partial charge in [-0.05, 0) is 24.3 Å². The van der Waals surface area contributed by atoms with Crippen molar-refractivity contribution in [3.05, 3.63) is 24.3 Å². The van der Waals surface area contributed by atoms with Crippen molar-refractivity contribution >= 4 is 16.0 Å². The molecule has 0 aliphatic heterocycles. The van der Waals surface area contributed by atoms with Crippen molar-refractivity contribution in [1.82, 2.24) is 4.31 Å². The molecule has 1 aromatic carbocycles. The first kappa shape index (κ1) is 17.3. The molecule has 0 aliphatic rings. The maximum atomic E-state index is 12.2. The molecule has 1 N–H and O–H groups in total. The van der Waals surface area contributed by atoms with Crippen LogP contribution in [0.4, 0.5) is 8.78 Å². The van der Waals surface area contributed by atoms with Crippen LogP contribution in [0.5, 0.6) is 5.75 Å². The summed E-state index contributed by atoms with van der Waals surface area (Å²) in [4.78, 5) is 10.2. The average Bonchev–Trinajstić information content (AvgIpc) is 2.38. The van der Waals surface area contributed by atoms with Gasteiger partial charge in [0.05, 0.1) is 24.5 Å². The quantitative estimate of drug-likeness (QED) is 0.782. The largest absolute Gasteiger partial charge is 0.493 e. The first-order chi connectivity index (χ1) is 9.73.